The molecular weight excluding hydrogens is 384 g/mol. The van der Waals surface area contributed by atoms with Crippen molar-refractivity contribution in [1.82, 2.24) is 4.98 Å². The monoisotopic (exact) mass is 394 g/mol. The van der Waals surface area contributed by atoms with Gasteiger partial charge < -0.3 is 5.73 Å². The third-order valence-electron chi connectivity index (χ3n) is 2.55. The highest BCUT2D eigenvalue weighted by molar-refractivity contribution is 9.12. The van der Waals surface area contributed by atoms with Gasteiger partial charge in [-0.2, -0.15) is 0 Å². The van der Waals surface area contributed by atoms with Crippen LogP contribution in [-0.2, 0) is 6.42 Å². The number of aromatic nitrogens is 1. The van der Waals surface area contributed by atoms with E-state index in [1.165, 1.54) is 4.88 Å². The Bertz CT molecular complexity index is 514. The topological polar surface area (TPSA) is 38.9 Å². The minimum Gasteiger partial charge on any atom is -0.324 e. The fraction of sp³-hybridized carbons (Fsp3) is 0.364. The number of thiazole rings is 1. The van der Waals surface area contributed by atoms with E-state index in [0.717, 1.165) is 30.3 Å². The van der Waals surface area contributed by atoms with Crippen LogP contribution in [0.2, 0.25) is 0 Å². The molecule has 0 spiro atoms. The summed E-state index contributed by atoms with van der Waals surface area (Å²) in [6.45, 7) is 4.14. The summed E-state index contributed by atoms with van der Waals surface area (Å²) in [5.41, 5.74) is 8.48. The third kappa shape index (κ3) is 3.17. The molecule has 2 aromatic rings. The van der Waals surface area contributed by atoms with Crippen molar-refractivity contribution in [2.45, 2.75) is 26.3 Å². The van der Waals surface area contributed by atoms with Gasteiger partial charge in [-0.15, -0.1) is 22.7 Å². The molecule has 1 unspecified atom stereocenters. The zero-order valence-electron chi connectivity index (χ0n) is 9.46. The van der Waals surface area contributed by atoms with Crippen LogP contribution in [0.4, 0.5) is 0 Å². The molecular formula is C11H12Br2N2S2. The minimum absolute atomic E-state index is 0.00289. The van der Waals surface area contributed by atoms with Crippen molar-refractivity contribution in [2.24, 2.45) is 5.73 Å². The predicted octanol–water partition coefficient (Wildman–Crippen LogP) is 4.59. The molecule has 6 heteroatoms. The van der Waals surface area contributed by atoms with E-state index in [1.807, 2.05) is 6.92 Å². The second-order valence-electron chi connectivity index (χ2n) is 3.84. The van der Waals surface area contributed by atoms with Crippen molar-refractivity contribution >= 4 is 54.5 Å². The van der Waals surface area contributed by atoms with Gasteiger partial charge in [0.2, 0.25) is 0 Å². The van der Waals surface area contributed by atoms with Gasteiger partial charge in [-0.3, -0.25) is 0 Å². The number of nitrogens with zero attached hydrogens (tertiary/aromatic N) is 1. The molecule has 0 saturated carbocycles. The highest BCUT2D eigenvalue weighted by Crippen LogP contribution is 2.36. The van der Waals surface area contributed by atoms with Gasteiger partial charge in [0.25, 0.3) is 0 Å². The van der Waals surface area contributed by atoms with Gasteiger partial charge in [0.15, 0.2) is 0 Å². The van der Waals surface area contributed by atoms with Gasteiger partial charge in [-0.25, -0.2) is 4.98 Å². The Balaban J connectivity index is 2.16. The van der Waals surface area contributed by atoms with Crippen LogP contribution < -0.4 is 5.73 Å². The smallest absolute Gasteiger partial charge is 0.0949 e. The molecule has 1 atom stereocenters. The van der Waals surface area contributed by atoms with Crippen molar-refractivity contribution in [3.8, 4) is 0 Å². The molecule has 0 fully saturated rings. The lowest BCUT2D eigenvalue weighted by Crippen LogP contribution is -2.12. The maximum atomic E-state index is 6.22. The Morgan fingerprint density at radius 3 is 2.53 bits per heavy atom. The first-order valence-electron chi connectivity index (χ1n) is 5.10. The number of aryl methyl sites for hydroxylation is 2. The first-order valence-corrected chi connectivity index (χ1v) is 8.32. The van der Waals surface area contributed by atoms with Crippen molar-refractivity contribution in [3.63, 3.8) is 0 Å². The zero-order chi connectivity index (χ0) is 12.6. The lowest BCUT2D eigenvalue weighted by Gasteiger charge is -2.08. The number of hydrogen-bond acceptors (Lipinski definition) is 4. The number of hydrogen-bond donors (Lipinski definition) is 1. The number of thiophene rings is 1. The van der Waals surface area contributed by atoms with E-state index in [1.54, 1.807) is 22.7 Å². The fourth-order valence-corrected chi connectivity index (χ4v) is 5.52. The van der Waals surface area contributed by atoms with Crippen LogP contribution in [0.3, 0.4) is 0 Å². The Kier molecular flexibility index (Phi) is 4.41. The van der Waals surface area contributed by atoms with Crippen LogP contribution in [0.15, 0.2) is 13.6 Å². The van der Waals surface area contributed by atoms with E-state index >= 15 is 0 Å². The van der Waals surface area contributed by atoms with E-state index in [-0.39, 0.29) is 6.04 Å². The minimum atomic E-state index is -0.00289. The maximum absolute atomic E-state index is 6.22. The molecule has 0 aliphatic carbocycles. The summed E-state index contributed by atoms with van der Waals surface area (Å²) >= 11 is 10.4. The number of halogens is 2. The summed E-state index contributed by atoms with van der Waals surface area (Å²) in [6.07, 6.45) is 0.793. The molecule has 0 aromatic carbocycles. The van der Waals surface area contributed by atoms with Gasteiger partial charge in [0.1, 0.15) is 0 Å². The van der Waals surface area contributed by atoms with Crippen LogP contribution >= 0.6 is 54.5 Å². The molecule has 0 amide bonds. The standard InChI is InChI=1S/C11H12Br2N2S2/c1-5-6(2)16-10(15-5)4-8(14)7-3-9(12)17-11(7)13/h3,8H,4,14H2,1-2H3. The predicted molar refractivity (Wildman–Crippen MR) is 81.9 cm³/mol. The van der Waals surface area contributed by atoms with Gasteiger partial charge in [0.05, 0.1) is 18.3 Å². The van der Waals surface area contributed by atoms with Gasteiger partial charge in [-0.1, -0.05) is 0 Å². The number of rotatable bonds is 3. The summed E-state index contributed by atoms with van der Waals surface area (Å²) in [5, 5.41) is 1.11. The fourth-order valence-electron chi connectivity index (χ4n) is 1.53. The molecule has 0 radical (unpaired) electrons. The van der Waals surface area contributed by atoms with Crippen molar-refractivity contribution < 1.29 is 0 Å². The molecule has 2 aromatic heterocycles. The zero-order valence-corrected chi connectivity index (χ0v) is 14.3. The lowest BCUT2D eigenvalue weighted by atomic mass is 10.1. The Morgan fingerprint density at radius 2 is 2.06 bits per heavy atom. The maximum Gasteiger partial charge on any atom is 0.0949 e. The van der Waals surface area contributed by atoms with E-state index in [9.17, 15) is 0 Å². The average molecular weight is 396 g/mol. The highest BCUT2D eigenvalue weighted by atomic mass is 79.9. The second kappa shape index (κ2) is 5.48. The van der Waals surface area contributed by atoms with Crippen LogP contribution in [0.25, 0.3) is 0 Å². The van der Waals surface area contributed by atoms with E-state index < -0.39 is 0 Å². The van der Waals surface area contributed by atoms with Gasteiger partial charge in [0, 0.05) is 17.3 Å². The molecule has 0 aliphatic heterocycles. The first-order chi connectivity index (χ1) is 7.97. The SMILES string of the molecule is Cc1nc(CC(N)c2cc(Br)sc2Br)sc1C. The van der Waals surface area contributed by atoms with Crippen LogP contribution in [0, 0.1) is 13.8 Å². The van der Waals surface area contributed by atoms with Crippen molar-refractivity contribution in [3.05, 3.63) is 34.8 Å². The molecule has 2 N–H and O–H groups in total. The van der Waals surface area contributed by atoms with Crippen molar-refractivity contribution in [2.75, 3.05) is 0 Å². The molecule has 92 valence electrons. The molecule has 2 nitrogen and oxygen atoms in total. The Morgan fingerprint density at radius 1 is 1.35 bits per heavy atom. The lowest BCUT2D eigenvalue weighted by molar-refractivity contribution is 0.716. The van der Waals surface area contributed by atoms with Gasteiger partial charge in [-0.05, 0) is 57.3 Å². The highest BCUT2D eigenvalue weighted by Gasteiger charge is 2.16. The third-order valence-corrected chi connectivity index (χ3v) is 6.03. The van der Waals surface area contributed by atoms with Crippen LogP contribution in [-0.4, -0.2) is 4.98 Å². The molecule has 2 rings (SSSR count). The summed E-state index contributed by atoms with van der Waals surface area (Å²) in [4.78, 5) is 5.80. The first kappa shape index (κ1) is 13.7. The molecule has 2 heterocycles. The molecule has 17 heavy (non-hydrogen) atoms. The van der Waals surface area contributed by atoms with Crippen LogP contribution in [0.1, 0.15) is 27.2 Å². The Hall–Kier alpha value is 0.250. The summed E-state index contributed by atoms with van der Waals surface area (Å²) in [6, 6.07) is 2.07. The molecule has 0 bridgehead atoms. The van der Waals surface area contributed by atoms with E-state index in [2.05, 4.69) is 49.8 Å². The second-order valence-corrected chi connectivity index (χ2v) is 8.88. The van der Waals surface area contributed by atoms with Crippen molar-refractivity contribution in [1.29, 1.82) is 0 Å². The van der Waals surface area contributed by atoms with Crippen LogP contribution in [0.5, 0.6) is 0 Å². The normalized spacial score (nSPS) is 13.0. The summed E-state index contributed by atoms with van der Waals surface area (Å²) in [5.74, 6) is 0. The molecule has 0 saturated heterocycles. The summed E-state index contributed by atoms with van der Waals surface area (Å²) < 4.78 is 2.20. The molecule has 0 aliphatic rings. The van der Waals surface area contributed by atoms with Gasteiger partial charge >= 0.3 is 0 Å². The van der Waals surface area contributed by atoms with E-state index in [4.69, 9.17) is 5.73 Å². The summed E-state index contributed by atoms with van der Waals surface area (Å²) in [7, 11) is 0. The van der Waals surface area contributed by atoms with E-state index in [0.29, 0.717) is 0 Å². The quantitative estimate of drug-likeness (QED) is 0.825. The average Bonchev–Trinajstić information content (AvgIpc) is 2.71. The number of nitrogens with two attached hydrogens (primary N) is 1. The largest absolute Gasteiger partial charge is 0.324 e. The Labute approximate surface area is 126 Å².